The molecule has 2 N–H and O–H groups in total. The standard InChI is InChI=1S/C16H18N4O2S3/c1-10(2)8-23-15-19-20-16(25-15)24-9-14(22)18-13-6-4-5-12(7-13)17-11(3)21/h4-7H,1,8-9H2,2-3H3,(H,17,21)(H,18,22). The maximum Gasteiger partial charge on any atom is 0.234 e. The van der Waals surface area contributed by atoms with Crippen LogP contribution in [0.3, 0.4) is 0 Å². The van der Waals surface area contributed by atoms with Gasteiger partial charge in [0, 0.05) is 24.1 Å². The number of carbonyl (C=O) groups is 2. The van der Waals surface area contributed by atoms with Crippen molar-refractivity contribution in [2.24, 2.45) is 0 Å². The number of nitrogens with zero attached hydrogens (tertiary/aromatic N) is 2. The first-order chi connectivity index (χ1) is 11.9. The molecule has 1 aromatic heterocycles. The summed E-state index contributed by atoms with van der Waals surface area (Å²) in [5, 5.41) is 13.6. The highest BCUT2D eigenvalue weighted by atomic mass is 32.2. The first-order valence-electron chi connectivity index (χ1n) is 7.33. The number of nitrogens with one attached hydrogen (secondary N) is 2. The van der Waals surface area contributed by atoms with Crippen molar-refractivity contribution in [3.8, 4) is 0 Å². The van der Waals surface area contributed by atoms with Crippen LogP contribution < -0.4 is 10.6 Å². The second-order valence-electron chi connectivity index (χ2n) is 5.18. The van der Waals surface area contributed by atoms with E-state index < -0.39 is 0 Å². The lowest BCUT2D eigenvalue weighted by molar-refractivity contribution is -0.114. The van der Waals surface area contributed by atoms with E-state index >= 15 is 0 Å². The molecule has 0 aliphatic rings. The van der Waals surface area contributed by atoms with Gasteiger partial charge < -0.3 is 10.6 Å². The van der Waals surface area contributed by atoms with Crippen molar-refractivity contribution in [3.05, 3.63) is 36.4 Å². The number of benzene rings is 1. The molecular weight excluding hydrogens is 376 g/mol. The van der Waals surface area contributed by atoms with Gasteiger partial charge in [-0.2, -0.15) is 0 Å². The Balaban J connectivity index is 1.82. The lowest BCUT2D eigenvalue weighted by Crippen LogP contribution is -2.14. The molecule has 0 bridgehead atoms. The minimum Gasteiger partial charge on any atom is -0.326 e. The number of carbonyl (C=O) groups excluding carboxylic acids is 2. The van der Waals surface area contributed by atoms with Crippen molar-refractivity contribution in [2.75, 3.05) is 22.1 Å². The summed E-state index contributed by atoms with van der Waals surface area (Å²) >= 11 is 4.40. The second-order valence-corrected chi connectivity index (χ2v) is 8.60. The highest BCUT2D eigenvalue weighted by Gasteiger charge is 2.09. The van der Waals surface area contributed by atoms with E-state index in [2.05, 4.69) is 27.4 Å². The van der Waals surface area contributed by atoms with E-state index in [1.807, 2.05) is 6.92 Å². The Labute approximate surface area is 158 Å². The van der Waals surface area contributed by atoms with Crippen LogP contribution in [-0.2, 0) is 9.59 Å². The van der Waals surface area contributed by atoms with Gasteiger partial charge in [-0.15, -0.1) is 10.2 Å². The summed E-state index contributed by atoms with van der Waals surface area (Å²) in [6.45, 7) is 7.26. The summed E-state index contributed by atoms with van der Waals surface area (Å²) < 4.78 is 1.63. The third-order valence-corrected chi connectivity index (χ3v) is 6.04. The second kappa shape index (κ2) is 9.59. The molecule has 2 rings (SSSR count). The van der Waals surface area contributed by atoms with Crippen molar-refractivity contribution in [2.45, 2.75) is 22.5 Å². The SMILES string of the molecule is C=C(C)CSc1nnc(SCC(=O)Nc2cccc(NC(C)=O)c2)s1. The van der Waals surface area contributed by atoms with Crippen molar-refractivity contribution >= 4 is 58.0 Å². The zero-order chi connectivity index (χ0) is 18.2. The molecule has 0 saturated carbocycles. The molecule has 1 heterocycles. The van der Waals surface area contributed by atoms with E-state index in [0.29, 0.717) is 11.4 Å². The van der Waals surface area contributed by atoms with Crippen molar-refractivity contribution in [3.63, 3.8) is 0 Å². The highest BCUT2D eigenvalue weighted by Crippen LogP contribution is 2.29. The number of rotatable bonds is 8. The summed E-state index contributed by atoms with van der Waals surface area (Å²) in [6, 6.07) is 7.01. The number of hydrogen-bond acceptors (Lipinski definition) is 7. The fourth-order valence-electron chi connectivity index (χ4n) is 1.70. The Hall–Kier alpha value is -1.84. The maximum atomic E-state index is 12.1. The molecule has 9 heteroatoms. The molecule has 2 aromatic rings. The van der Waals surface area contributed by atoms with Crippen molar-refractivity contribution in [1.29, 1.82) is 0 Å². The van der Waals surface area contributed by atoms with Crippen LogP contribution >= 0.6 is 34.9 Å². The number of aromatic nitrogens is 2. The fourth-order valence-corrected chi connectivity index (χ4v) is 4.36. The predicted octanol–water partition coefficient (Wildman–Crippen LogP) is 3.90. The van der Waals surface area contributed by atoms with Crippen LogP contribution in [0.5, 0.6) is 0 Å². The Bertz CT molecular complexity index is 776. The Kier molecular flexibility index (Phi) is 7.48. The van der Waals surface area contributed by atoms with Crippen LogP contribution in [0, 0.1) is 0 Å². The fraction of sp³-hybridized carbons (Fsp3) is 0.250. The van der Waals surface area contributed by atoms with Crippen molar-refractivity contribution < 1.29 is 9.59 Å². The van der Waals surface area contributed by atoms with E-state index in [4.69, 9.17) is 0 Å². The molecule has 2 amide bonds. The molecular formula is C16H18N4O2S3. The smallest absolute Gasteiger partial charge is 0.234 e. The molecule has 0 aliphatic heterocycles. The van der Waals surface area contributed by atoms with Crippen LogP contribution in [0.1, 0.15) is 13.8 Å². The molecule has 0 spiro atoms. The molecule has 25 heavy (non-hydrogen) atoms. The Morgan fingerprint density at radius 1 is 1.08 bits per heavy atom. The summed E-state index contributed by atoms with van der Waals surface area (Å²) in [5.74, 6) is 0.751. The van der Waals surface area contributed by atoms with Gasteiger partial charge in [0.05, 0.1) is 5.75 Å². The first kappa shape index (κ1) is 19.5. The summed E-state index contributed by atoms with van der Waals surface area (Å²) in [4.78, 5) is 23.1. The molecule has 6 nitrogen and oxygen atoms in total. The van der Waals surface area contributed by atoms with E-state index in [1.165, 1.54) is 30.0 Å². The zero-order valence-electron chi connectivity index (χ0n) is 13.9. The molecule has 0 saturated heterocycles. The van der Waals surface area contributed by atoms with Crippen LogP contribution in [0.4, 0.5) is 11.4 Å². The quantitative estimate of drug-likeness (QED) is 0.522. The number of hydrogen-bond donors (Lipinski definition) is 2. The van der Waals surface area contributed by atoms with E-state index in [9.17, 15) is 9.59 Å². The van der Waals surface area contributed by atoms with Gasteiger partial charge in [0.15, 0.2) is 8.68 Å². The number of anilines is 2. The van der Waals surface area contributed by atoms with Gasteiger partial charge in [-0.25, -0.2) is 0 Å². The van der Waals surface area contributed by atoms with Gasteiger partial charge in [0.1, 0.15) is 0 Å². The molecule has 0 atom stereocenters. The lowest BCUT2D eigenvalue weighted by Gasteiger charge is -2.07. The van der Waals surface area contributed by atoms with Gasteiger partial charge in [-0.1, -0.05) is 53.1 Å². The predicted molar refractivity (Wildman–Crippen MR) is 106 cm³/mol. The minimum absolute atomic E-state index is 0.142. The molecule has 0 aliphatic carbocycles. The summed E-state index contributed by atoms with van der Waals surface area (Å²) in [5.41, 5.74) is 2.35. The topological polar surface area (TPSA) is 84.0 Å². The third kappa shape index (κ3) is 7.29. The van der Waals surface area contributed by atoms with Gasteiger partial charge in [0.25, 0.3) is 0 Å². The molecule has 132 valence electrons. The van der Waals surface area contributed by atoms with Crippen LogP contribution in [0.15, 0.2) is 45.1 Å². The largest absolute Gasteiger partial charge is 0.326 e. The number of amides is 2. The van der Waals surface area contributed by atoms with E-state index in [-0.39, 0.29) is 17.6 Å². The van der Waals surface area contributed by atoms with Crippen LogP contribution in [0.25, 0.3) is 0 Å². The van der Waals surface area contributed by atoms with Gasteiger partial charge in [-0.05, 0) is 25.1 Å². The van der Waals surface area contributed by atoms with Crippen LogP contribution in [0.2, 0.25) is 0 Å². The van der Waals surface area contributed by atoms with Gasteiger partial charge in [-0.3, -0.25) is 9.59 Å². The Morgan fingerprint density at radius 3 is 2.28 bits per heavy atom. The maximum absolute atomic E-state index is 12.1. The first-order valence-corrected chi connectivity index (χ1v) is 10.1. The average molecular weight is 395 g/mol. The Morgan fingerprint density at radius 2 is 1.68 bits per heavy atom. The van der Waals surface area contributed by atoms with Crippen molar-refractivity contribution in [1.82, 2.24) is 10.2 Å². The molecule has 0 fully saturated rings. The zero-order valence-corrected chi connectivity index (χ0v) is 16.3. The van der Waals surface area contributed by atoms with E-state index in [0.717, 1.165) is 20.0 Å². The normalized spacial score (nSPS) is 10.3. The third-order valence-electron chi connectivity index (χ3n) is 2.62. The van der Waals surface area contributed by atoms with Gasteiger partial charge in [0.2, 0.25) is 11.8 Å². The lowest BCUT2D eigenvalue weighted by atomic mass is 10.2. The molecule has 1 aromatic carbocycles. The van der Waals surface area contributed by atoms with Gasteiger partial charge >= 0.3 is 0 Å². The summed E-state index contributed by atoms with van der Waals surface area (Å²) in [7, 11) is 0. The summed E-state index contributed by atoms with van der Waals surface area (Å²) in [6.07, 6.45) is 0. The average Bonchev–Trinajstić information content (AvgIpc) is 2.98. The minimum atomic E-state index is -0.157. The van der Waals surface area contributed by atoms with Crippen LogP contribution in [-0.4, -0.2) is 33.5 Å². The molecule has 0 radical (unpaired) electrons. The molecule has 0 unspecified atom stereocenters. The van der Waals surface area contributed by atoms with E-state index in [1.54, 1.807) is 36.0 Å². The number of thioether (sulfide) groups is 2. The highest BCUT2D eigenvalue weighted by molar-refractivity contribution is 8.03. The monoisotopic (exact) mass is 394 g/mol.